The zero-order valence-corrected chi connectivity index (χ0v) is 19.8. The van der Waals surface area contributed by atoms with Crippen LogP contribution in [0.2, 0.25) is 0 Å². The van der Waals surface area contributed by atoms with Crippen LogP contribution < -0.4 is 14.8 Å². The Kier molecular flexibility index (Phi) is 7.15. The van der Waals surface area contributed by atoms with Crippen LogP contribution in [0.3, 0.4) is 0 Å². The van der Waals surface area contributed by atoms with Gasteiger partial charge in [-0.3, -0.25) is 4.79 Å². The van der Waals surface area contributed by atoms with Crippen LogP contribution in [-0.4, -0.2) is 37.2 Å². The molecule has 3 rings (SSSR count). The standard InChI is InChI=1S/C24H26N2O5S/c1-13-7-9-18(14(2)11-13)26-22(27)16(4)31-24(28)21-15(3)25-23(32-21)17-8-10-19(29-5)20(12-17)30-6/h7-12,16H,1-6H3,(H,26,27). The third-order valence-corrected chi connectivity index (χ3v) is 6.09. The number of nitrogens with one attached hydrogen (secondary N) is 1. The summed E-state index contributed by atoms with van der Waals surface area (Å²) in [5, 5.41) is 3.45. The topological polar surface area (TPSA) is 86.8 Å². The van der Waals surface area contributed by atoms with Gasteiger partial charge in [0.05, 0.1) is 19.9 Å². The molecule has 2 aromatic carbocycles. The first kappa shape index (κ1) is 23.3. The molecule has 0 fully saturated rings. The minimum Gasteiger partial charge on any atom is -0.493 e. The van der Waals surface area contributed by atoms with Gasteiger partial charge in [0.1, 0.15) is 9.88 Å². The third kappa shape index (κ3) is 5.08. The minimum atomic E-state index is -0.964. The first-order chi connectivity index (χ1) is 15.2. The Labute approximate surface area is 191 Å². The number of carbonyl (C=O) groups is 2. The Hall–Kier alpha value is -3.39. The molecule has 1 N–H and O–H groups in total. The van der Waals surface area contributed by atoms with E-state index in [4.69, 9.17) is 14.2 Å². The Morgan fingerprint density at radius 3 is 2.38 bits per heavy atom. The van der Waals surface area contributed by atoms with Gasteiger partial charge < -0.3 is 19.5 Å². The monoisotopic (exact) mass is 454 g/mol. The number of thiazole rings is 1. The van der Waals surface area contributed by atoms with Crippen molar-refractivity contribution >= 4 is 28.9 Å². The van der Waals surface area contributed by atoms with Gasteiger partial charge in [-0.15, -0.1) is 11.3 Å². The lowest BCUT2D eigenvalue weighted by molar-refractivity contribution is -0.123. The molecule has 7 nitrogen and oxygen atoms in total. The van der Waals surface area contributed by atoms with E-state index in [2.05, 4.69) is 10.3 Å². The van der Waals surface area contributed by atoms with Crippen molar-refractivity contribution in [1.82, 2.24) is 4.98 Å². The molecule has 168 valence electrons. The van der Waals surface area contributed by atoms with Crippen molar-refractivity contribution in [2.75, 3.05) is 19.5 Å². The van der Waals surface area contributed by atoms with Crippen LogP contribution >= 0.6 is 11.3 Å². The van der Waals surface area contributed by atoms with Gasteiger partial charge in [0.25, 0.3) is 5.91 Å². The number of rotatable bonds is 7. The molecule has 0 spiro atoms. The van der Waals surface area contributed by atoms with Crippen LogP contribution in [0.25, 0.3) is 10.6 Å². The SMILES string of the molecule is COc1ccc(-c2nc(C)c(C(=O)OC(C)C(=O)Nc3ccc(C)cc3C)s2)cc1OC. The molecule has 0 aliphatic rings. The maximum Gasteiger partial charge on any atom is 0.351 e. The van der Waals surface area contributed by atoms with E-state index in [9.17, 15) is 9.59 Å². The number of hydrogen-bond acceptors (Lipinski definition) is 7. The molecule has 3 aromatic rings. The molecule has 1 amide bonds. The lowest BCUT2D eigenvalue weighted by atomic mass is 10.1. The first-order valence-electron chi connectivity index (χ1n) is 10.0. The highest BCUT2D eigenvalue weighted by Gasteiger charge is 2.24. The highest BCUT2D eigenvalue weighted by molar-refractivity contribution is 7.17. The van der Waals surface area contributed by atoms with E-state index in [0.717, 1.165) is 16.7 Å². The normalized spacial score (nSPS) is 11.6. The van der Waals surface area contributed by atoms with E-state index in [0.29, 0.717) is 32.8 Å². The smallest absolute Gasteiger partial charge is 0.351 e. The highest BCUT2D eigenvalue weighted by atomic mass is 32.1. The van der Waals surface area contributed by atoms with Crippen molar-refractivity contribution in [1.29, 1.82) is 0 Å². The first-order valence-corrected chi connectivity index (χ1v) is 10.8. The molecule has 0 aliphatic carbocycles. The van der Waals surface area contributed by atoms with Gasteiger partial charge in [0.2, 0.25) is 0 Å². The molecule has 32 heavy (non-hydrogen) atoms. The van der Waals surface area contributed by atoms with Crippen molar-refractivity contribution in [2.24, 2.45) is 0 Å². The number of anilines is 1. The molecule has 1 atom stereocenters. The second-order valence-electron chi connectivity index (χ2n) is 7.36. The quantitative estimate of drug-likeness (QED) is 0.509. The molecular formula is C24H26N2O5S. The fourth-order valence-corrected chi connectivity index (χ4v) is 4.08. The van der Waals surface area contributed by atoms with Gasteiger partial charge >= 0.3 is 5.97 Å². The molecule has 1 aromatic heterocycles. The Bertz CT molecular complexity index is 1160. The zero-order chi connectivity index (χ0) is 23.4. The average Bonchev–Trinajstić information content (AvgIpc) is 3.16. The molecular weight excluding hydrogens is 428 g/mol. The lowest BCUT2D eigenvalue weighted by Gasteiger charge is -2.14. The van der Waals surface area contributed by atoms with E-state index in [1.165, 1.54) is 11.3 Å². The number of nitrogens with zero attached hydrogens (tertiary/aromatic N) is 1. The Morgan fingerprint density at radius 2 is 1.72 bits per heavy atom. The van der Waals surface area contributed by atoms with Crippen molar-refractivity contribution in [2.45, 2.75) is 33.8 Å². The summed E-state index contributed by atoms with van der Waals surface area (Å²) in [5.74, 6) is 0.189. The summed E-state index contributed by atoms with van der Waals surface area (Å²) >= 11 is 1.20. The number of ether oxygens (including phenoxy) is 3. The van der Waals surface area contributed by atoms with E-state index in [-0.39, 0.29) is 0 Å². The number of hydrogen-bond donors (Lipinski definition) is 1. The van der Waals surface area contributed by atoms with E-state index < -0.39 is 18.0 Å². The number of carbonyl (C=O) groups excluding carboxylic acids is 2. The van der Waals surface area contributed by atoms with Crippen molar-refractivity contribution < 1.29 is 23.8 Å². The molecule has 0 radical (unpaired) electrons. The summed E-state index contributed by atoms with van der Waals surface area (Å²) in [6.45, 7) is 7.17. The lowest BCUT2D eigenvalue weighted by Crippen LogP contribution is -2.30. The summed E-state index contributed by atoms with van der Waals surface area (Å²) in [5.41, 5.74) is 4.05. The molecule has 0 saturated heterocycles. The number of benzene rings is 2. The summed E-state index contributed by atoms with van der Waals surface area (Å²) in [6, 6.07) is 11.1. The van der Waals surface area contributed by atoms with Crippen LogP contribution in [0.15, 0.2) is 36.4 Å². The Balaban J connectivity index is 1.73. The Morgan fingerprint density at radius 1 is 1.00 bits per heavy atom. The summed E-state index contributed by atoms with van der Waals surface area (Å²) in [4.78, 5) is 30.1. The number of aromatic nitrogens is 1. The zero-order valence-electron chi connectivity index (χ0n) is 18.9. The molecule has 1 unspecified atom stereocenters. The van der Waals surface area contributed by atoms with Gasteiger partial charge in [0, 0.05) is 11.3 Å². The molecule has 0 aliphatic heterocycles. The predicted molar refractivity (Wildman–Crippen MR) is 125 cm³/mol. The van der Waals surface area contributed by atoms with Crippen LogP contribution in [0, 0.1) is 20.8 Å². The third-order valence-electron chi connectivity index (χ3n) is 4.91. The van der Waals surface area contributed by atoms with Gasteiger partial charge in [-0.25, -0.2) is 9.78 Å². The predicted octanol–water partition coefficient (Wildman–Crippen LogP) is 4.94. The van der Waals surface area contributed by atoms with E-state index in [1.807, 2.05) is 38.1 Å². The fourth-order valence-electron chi connectivity index (χ4n) is 3.13. The van der Waals surface area contributed by atoms with Gasteiger partial charge in [-0.2, -0.15) is 0 Å². The minimum absolute atomic E-state index is 0.348. The van der Waals surface area contributed by atoms with Crippen LogP contribution in [0.5, 0.6) is 11.5 Å². The fraction of sp³-hybridized carbons (Fsp3) is 0.292. The van der Waals surface area contributed by atoms with E-state index >= 15 is 0 Å². The maximum atomic E-state index is 12.7. The number of methoxy groups -OCH3 is 2. The molecule has 1 heterocycles. The number of amides is 1. The van der Waals surface area contributed by atoms with Crippen LogP contribution in [0.4, 0.5) is 5.69 Å². The summed E-state index contributed by atoms with van der Waals surface area (Å²) < 4.78 is 16.0. The van der Waals surface area contributed by atoms with Gasteiger partial charge in [-0.1, -0.05) is 17.7 Å². The van der Waals surface area contributed by atoms with Crippen molar-refractivity contribution in [3.05, 3.63) is 58.1 Å². The average molecular weight is 455 g/mol. The van der Waals surface area contributed by atoms with Crippen molar-refractivity contribution in [3.8, 4) is 22.1 Å². The molecule has 0 bridgehead atoms. The molecule has 8 heteroatoms. The summed E-state index contributed by atoms with van der Waals surface area (Å²) in [6.07, 6.45) is -0.964. The number of esters is 1. The van der Waals surface area contributed by atoms with E-state index in [1.54, 1.807) is 40.2 Å². The largest absolute Gasteiger partial charge is 0.493 e. The summed E-state index contributed by atoms with van der Waals surface area (Å²) in [7, 11) is 3.12. The molecule has 0 saturated carbocycles. The second-order valence-corrected chi connectivity index (χ2v) is 8.36. The van der Waals surface area contributed by atoms with Gasteiger partial charge in [0.15, 0.2) is 17.6 Å². The van der Waals surface area contributed by atoms with Crippen LogP contribution in [-0.2, 0) is 9.53 Å². The highest BCUT2D eigenvalue weighted by Crippen LogP contribution is 2.35. The maximum absolute atomic E-state index is 12.7. The van der Waals surface area contributed by atoms with Gasteiger partial charge in [-0.05, 0) is 57.5 Å². The van der Waals surface area contributed by atoms with Crippen molar-refractivity contribution in [3.63, 3.8) is 0 Å². The second kappa shape index (κ2) is 9.82. The van der Waals surface area contributed by atoms with Crippen LogP contribution in [0.1, 0.15) is 33.4 Å². The number of aryl methyl sites for hydroxylation is 3.